The third kappa shape index (κ3) is 3.98. The highest BCUT2D eigenvalue weighted by Crippen LogP contribution is 2.28. The summed E-state index contributed by atoms with van der Waals surface area (Å²) in [5.74, 6) is 1.64. The second-order valence-corrected chi connectivity index (χ2v) is 5.07. The first-order chi connectivity index (χ1) is 10.1. The number of hydrogen-bond acceptors (Lipinski definition) is 4. The molecule has 0 atom stereocenters. The average molecular weight is 289 g/mol. The highest BCUT2D eigenvalue weighted by Gasteiger charge is 2.09. The van der Waals surface area contributed by atoms with Gasteiger partial charge in [-0.15, -0.1) is 0 Å². The SMILES string of the molecule is COCCCn1cc(C)nc1Nc1cc(C)ccc1OC. The van der Waals surface area contributed by atoms with Gasteiger partial charge in [0.2, 0.25) is 5.95 Å². The molecule has 5 nitrogen and oxygen atoms in total. The van der Waals surface area contributed by atoms with Crippen molar-refractivity contribution in [2.45, 2.75) is 26.8 Å². The summed E-state index contributed by atoms with van der Waals surface area (Å²) in [4.78, 5) is 4.55. The summed E-state index contributed by atoms with van der Waals surface area (Å²) in [5, 5.41) is 3.37. The molecule has 0 aliphatic heterocycles. The van der Waals surface area contributed by atoms with Gasteiger partial charge in [-0.2, -0.15) is 0 Å². The van der Waals surface area contributed by atoms with E-state index in [1.165, 1.54) is 5.56 Å². The predicted molar refractivity (Wildman–Crippen MR) is 84.5 cm³/mol. The van der Waals surface area contributed by atoms with Crippen molar-refractivity contribution < 1.29 is 9.47 Å². The number of benzene rings is 1. The van der Waals surface area contributed by atoms with E-state index in [0.29, 0.717) is 0 Å². The lowest BCUT2D eigenvalue weighted by atomic mass is 10.2. The lowest BCUT2D eigenvalue weighted by Gasteiger charge is -2.13. The number of nitrogens with zero attached hydrogens (tertiary/aromatic N) is 2. The zero-order chi connectivity index (χ0) is 15.2. The smallest absolute Gasteiger partial charge is 0.207 e. The summed E-state index contributed by atoms with van der Waals surface area (Å²) in [7, 11) is 3.39. The minimum Gasteiger partial charge on any atom is -0.495 e. The zero-order valence-corrected chi connectivity index (χ0v) is 13.1. The van der Waals surface area contributed by atoms with Crippen LogP contribution in [0.5, 0.6) is 5.75 Å². The van der Waals surface area contributed by atoms with Gasteiger partial charge in [-0.05, 0) is 38.0 Å². The second-order valence-electron chi connectivity index (χ2n) is 5.07. The maximum Gasteiger partial charge on any atom is 0.207 e. The van der Waals surface area contributed by atoms with E-state index in [1.807, 2.05) is 25.3 Å². The van der Waals surface area contributed by atoms with Gasteiger partial charge in [0.25, 0.3) is 0 Å². The van der Waals surface area contributed by atoms with Gasteiger partial charge in [-0.3, -0.25) is 0 Å². The Kier molecular flexibility index (Phi) is 5.22. The molecular formula is C16H23N3O2. The molecule has 0 fully saturated rings. The van der Waals surface area contributed by atoms with Crippen LogP contribution in [0.25, 0.3) is 0 Å². The third-order valence-electron chi connectivity index (χ3n) is 3.25. The third-order valence-corrected chi connectivity index (χ3v) is 3.25. The number of nitrogens with one attached hydrogen (secondary N) is 1. The Hall–Kier alpha value is -2.01. The van der Waals surface area contributed by atoms with E-state index in [1.54, 1.807) is 14.2 Å². The van der Waals surface area contributed by atoms with Gasteiger partial charge in [-0.25, -0.2) is 4.98 Å². The molecule has 0 aliphatic rings. The van der Waals surface area contributed by atoms with E-state index >= 15 is 0 Å². The number of aryl methyl sites for hydroxylation is 3. The molecule has 1 N–H and O–H groups in total. The highest BCUT2D eigenvalue weighted by atomic mass is 16.5. The normalized spacial score (nSPS) is 10.7. The van der Waals surface area contributed by atoms with Crippen LogP contribution in [0.4, 0.5) is 11.6 Å². The Morgan fingerprint density at radius 3 is 2.76 bits per heavy atom. The summed E-state index contributed by atoms with van der Waals surface area (Å²) in [6.07, 6.45) is 2.99. The van der Waals surface area contributed by atoms with E-state index in [9.17, 15) is 0 Å². The van der Waals surface area contributed by atoms with Gasteiger partial charge in [0, 0.05) is 26.5 Å². The summed E-state index contributed by atoms with van der Waals surface area (Å²) >= 11 is 0. The lowest BCUT2D eigenvalue weighted by Crippen LogP contribution is -2.06. The van der Waals surface area contributed by atoms with Crippen LogP contribution >= 0.6 is 0 Å². The monoisotopic (exact) mass is 289 g/mol. The van der Waals surface area contributed by atoms with Crippen LogP contribution in [0.1, 0.15) is 17.7 Å². The first-order valence-electron chi connectivity index (χ1n) is 7.08. The van der Waals surface area contributed by atoms with Crippen molar-refractivity contribution in [1.29, 1.82) is 0 Å². The number of hydrogen-bond donors (Lipinski definition) is 1. The molecule has 1 aromatic carbocycles. The second kappa shape index (κ2) is 7.13. The Morgan fingerprint density at radius 1 is 1.24 bits per heavy atom. The van der Waals surface area contributed by atoms with Gasteiger partial charge >= 0.3 is 0 Å². The fraction of sp³-hybridized carbons (Fsp3) is 0.438. The van der Waals surface area contributed by atoms with Crippen molar-refractivity contribution in [3.63, 3.8) is 0 Å². The molecule has 1 heterocycles. The fourth-order valence-corrected chi connectivity index (χ4v) is 2.24. The van der Waals surface area contributed by atoms with Gasteiger partial charge < -0.3 is 19.4 Å². The van der Waals surface area contributed by atoms with Crippen LogP contribution < -0.4 is 10.1 Å². The molecule has 1 aromatic heterocycles. The molecular weight excluding hydrogens is 266 g/mol. The number of imidazole rings is 1. The first-order valence-corrected chi connectivity index (χ1v) is 7.08. The average Bonchev–Trinajstić information content (AvgIpc) is 2.79. The minimum absolute atomic E-state index is 0.741. The van der Waals surface area contributed by atoms with Crippen LogP contribution in [-0.4, -0.2) is 30.4 Å². The molecule has 0 unspecified atom stereocenters. The molecule has 5 heteroatoms. The van der Waals surface area contributed by atoms with E-state index in [2.05, 4.69) is 27.9 Å². The molecule has 0 amide bonds. The Balaban J connectivity index is 2.21. The topological polar surface area (TPSA) is 48.3 Å². The summed E-state index contributed by atoms with van der Waals surface area (Å²) in [6, 6.07) is 6.05. The Morgan fingerprint density at radius 2 is 2.05 bits per heavy atom. The molecule has 0 saturated carbocycles. The molecule has 0 spiro atoms. The summed E-state index contributed by atoms with van der Waals surface area (Å²) < 4.78 is 12.6. The van der Waals surface area contributed by atoms with Crippen molar-refractivity contribution in [2.24, 2.45) is 0 Å². The molecule has 2 rings (SSSR count). The van der Waals surface area contributed by atoms with Crippen molar-refractivity contribution in [2.75, 3.05) is 26.1 Å². The van der Waals surface area contributed by atoms with E-state index in [0.717, 1.165) is 42.7 Å². The predicted octanol–water partition coefficient (Wildman–Crippen LogP) is 3.29. The van der Waals surface area contributed by atoms with E-state index in [-0.39, 0.29) is 0 Å². The summed E-state index contributed by atoms with van der Waals surface area (Å²) in [5.41, 5.74) is 3.09. The first kappa shape index (κ1) is 15.4. The van der Waals surface area contributed by atoms with Crippen molar-refractivity contribution in [3.05, 3.63) is 35.7 Å². The largest absolute Gasteiger partial charge is 0.495 e. The molecule has 21 heavy (non-hydrogen) atoms. The number of anilines is 2. The molecule has 114 valence electrons. The van der Waals surface area contributed by atoms with Crippen LogP contribution in [0.3, 0.4) is 0 Å². The van der Waals surface area contributed by atoms with Crippen LogP contribution in [0.2, 0.25) is 0 Å². The van der Waals surface area contributed by atoms with Crippen molar-refractivity contribution in [3.8, 4) is 5.75 Å². The Bertz CT molecular complexity index is 593. The van der Waals surface area contributed by atoms with Crippen LogP contribution in [-0.2, 0) is 11.3 Å². The zero-order valence-electron chi connectivity index (χ0n) is 13.1. The Labute approximate surface area is 125 Å². The highest BCUT2D eigenvalue weighted by molar-refractivity contribution is 5.64. The van der Waals surface area contributed by atoms with E-state index in [4.69, 9.17) is 9.47 Å². The maximum atomic E-state index is 5.40. The van der Waals surface area contributed by atoms with Gasteiger partial charge in [-0.1, -0.05) is 6.07 Å². The lowest BCUT2D eigenvalue weighted by molar-refractivity contribution is 0.190. The number of aromatic nitrogens is 2. The maximum absolute atomic E-state index is 5.40. The minimum atomic E-state index is 0.741. The van der Waals surface area contributed by atoms with Crippen molar-refractivity contribution in [1.82, 2.24) is 9.55 Å². The van der Waals surface area contributed by atoms with Crippen molar-refractivity contribution >= 4 is 11.6 Å². The van der Waals surface area contributed by atoms with Gasteiger partial charge in [0.15, 0.2) is 0 Å². The fourth-order valence-electron chi connectivity index (χ4n) is 2.24. The quantitative estimate of drug-likeness (QED) is 0.795. The molecule has 0 bridgehead atoms. The molecule has 0 aliphatic carbocycles. The molecule has 0 radical (unpaired) electrons. The van der Waals surface area contributed by atoms with Crippen LogP contribution in [0.15, 0.2) is 24.4 Å². The molecule has 2 aromatic rings. The van der Waals surface area contributed by atoms with E-state index < -0.39 is 0 Å². The summed E-state index contributed by atoms with van der Waals surface area (Å²) in [6.45, 7) is 5.65. The number of methoxy groups -OCH3 is 2. The molecule has 0 saturated heterocycles. The number of rotatable bonds is 7. The van der Waals surface area contributed by atoms with Gasteiger partial charge in [0.05, 0.1) is 18.5 Å². The van der Waals surface area contributed by atoms with Crippen LogP contribution in [0, 0.1) is 13.8 Å². The van der Waals surface area contributed by atoms with Gasteiger partial charge in [0.1, 0.15) is 5.75 Å². The number of ether oxygens (including phenoxy) is 2. The standard InChI is InChI=1S/C16H23N3O2/c1-12-6-7-15(21-4)14(10-12)18-16-17-13(2)11-19(16)8-5-9-20-3/h6-7,10-11H,5,8-9H2,1-4H3,(H,17,18).